The van der Waals surface area contributed by atoms with Gasteiger partial charge in [-0.1, -0.05) is 26.4 Å². The van der Waals surface area contributed by atoms with Crippen molar-refractivity contribution in [2.24, 2.45) is 23.7 Å². The van der Waals surface area contributed by atoms with E-state index in [1.807, 2.05) is 6.07 Å². The van der Waals surface area contributed by atoms with Crippen LogP contribution in [0.25, 0.3) is 10.9 Å². The molecule has 2 fully saturated rings. The molecule has 1 amide bonds. The average molecular weight is 529 g/mol. The van der Waals surface area contributed by atoms with E-state index in [2.05, 4.69) is 10.3 Å². The van der Waals surface area contributed by atoms with Crippen LogP contribution in [0.3, 0.4) is 0 Å². The summed E-state index contributed by atoms with van der Waals surface area (Å²) < 4.78 is 78.4. The molecular formula is C26H26F6N2OS. The Kier molecular flexibility index (Phi) is 5.45. The van der Waals surface area contributed by atoms with Gasteiger partial charge in [0, 0.05) is 23.2 Å². The molecule has 10 heteroatoms. The van der Waals surface area contributed by atoms with Gasteiger partial charge < -0.3 is 5.32 Å². The lowest BCUT2D eigenvalue weighted by Gasteiger charge is -2.40. The van der Waals surface area contributed by atoms with Crippen LogP contribution in [0.1, 0.15) is 44.1 Å². The number of hydrogen-bond acceptors (Lipinski definition) is 2. The summed E-state index contributed by atoms with van der Waals surface area (Å²) in [5.74, 6) is 0.278. The third-order valence-corrected chi connectivity index (χ3v) is 9.08. The summed E-state index contributed by atoms with van der Waals surface area (Å²) in [6.45, 7) is 1.79. The maximum Gasteiger partial charge on any atom is 0.310 e. The highest BCUT2D eigenvalue weighted by molar-refractivity contribution is 8.45. The summed E-state index contributed by atoms with van der Waals surface area (Å²) in [5, 5.41) is 3.40. The lowest BCUT2D eigenvalue weighted by Crippen LogP contribution is -2.26. The van der Waals surface area contributed by atoms with Gasteiger partial charge in [-0.3, -0.25) is 9.78 Å². The minimum absolute atomic E-state index is 0.0486. The highest BCUT2D eigenvalue weighted by Gasteiger charge is 2.65. The first kappa shape index (κ1) is 24.9. The van der Waals surface area contributed by atoms with Crippen LogP contribution in [0.4, 0.5) is 29.5 Å². The van der Waals surface area contributed by atoms with Crippen LogP contribution >= 0.6 is 10.2 Å². The molecule has 0 saturated heterocycles. The smallest absolute Gasteiger partial charge is 0.310 e. The van der Waals surface area contributed by atoms with E-state index in [4.69, 9.17) is 0 Å². The van der Waals surface area contributed by atoms with Crippen molar-refractivity contribution in [1.29, 1.82) is 0 Å². The van der Waals surface area contributed by atoms with E-state index in [1.165, 1.54) is 12.1 Å². The number of carbonyl (C=O) groups excluding carboxylic acids is 1. The van der Waals surface area contributed by atoms with Crippen LogP contribution in [-0.4, -0.2) is 10.9 Å². The van der Waals surface area contributed by atoms with Gasteiger partial charge in [-0.25, -0.2) is 4.39 Å². The number of nitrogens with zero attached hydrogens (tertiary/aromatic N) is 1. The average Bonchev–Trinajstić information content (AvgIpc) is 3.36. The van der Waals surface area contributed by atoms with E-state index >= 15 is 0 Å². The molecule has 0 unspecified atom stereocenters. The maximum absolute atomic E-state index is 13.9. The van der Waals surface area contributed by atoms with Crippen molar-refractivity contribution < 1.29 is 28.6 Å². The van der Waals surface area contributed by atoms with E-state index in [1.54, 1.807) is 19.2 Å². The predicted octanol–water partition coefficient (Wildman–Crippen LogP) is 8.83. The summed E-state index contributed by atoms with van der Waals surface area (Å²) in [7, 11) is -9.75. The van der Waals surface area contributed by atoms with Gasteiger partial charge in [0.15, 0.2) is 0 Å². The van der Waals surface area contributed by atoms with E-state index in [0.717, 1.165) is 54.3 Å². The third-order valence-electron chi connectivity index (χ3n) is 7.92. The van der Waals surface area contributed by atoms with Crippen molar-refractivity contribution in [3.8, 4) is 0 Å². The number of rotatable bonds is 5. The third kappa shape index (κ3) is 4.92. The molecule has 0 spiro atoms. The molecule has 0 bridgehead atoms. The van der Waals surface area contributed by atoms with Crippen LogP contribution in [0.5, 0.6) is 0 Å². The molecule has 0 radical (unpaired) electrons. The number of hydrogen-bond donors (Lipinski definition) is 1. The van der Waals surface area contributed by atoms with Crippen molar-refractivity contribution in [3.05, 3.63) is 66.1 Å². The zero-order chi connectivity index (χ0) is 25.9. The van der Waals surface area contributed by atoms with Crippen LogP contribution in [0.15, 0.2) is 59.6 Å². The summed E-state index contributed by atoms with van der Waals surface area (Å²) in [6.07, 6.45) is 5.36. The second-order valence-electron chi connectivity index (χ2n) is 10.3. The first-order valence-electron chi connectivity index (χ1n) is 11.9. The Bertz CT molecular complexity index is 1320. The number of nitrogens with one attached hydrogen (secondary N) is 1. The van der Waals surface area contributed by atoms with Crippen molar-refractivity contribution in [2.75, 3.05) is 5.32 Å². The molecule has 2 aliphatic carbocycles. The van der Waals surface area contributed by atoms with E-state index in [9.17, 15) is 28.6 Å². The van der Waals surface area contributed by atoms with Crippen LogP contribution in [0, 0.1) is 29.5 Å². The summed E-state index contributed by atoms with van der Waals surface area (Å²) in [6, 6.07) is 8.90. The molecule has 194 valence electrons. The fourth-order valence-corrected chi connectivity index (χ4v) is 6.74. The lowest BCUT2D eigenvalue weighted by molar-refractivity contribution is -0.120. The first-order chi connectivity index (χ1) is 16.7. The minimum atomic E-state index is -9.75. The van der Waals surface area contributed by atoms with Crippen molar-refractivity contribution in [3.63, 3.8) is 0 Å². The predicted molar refractivity (Wildman–Crippen MR) is 129 cm³/mol. The number of aromatic nitrogens is 1. The lowest BCUT2D eigenvalue weighted by atomic mass is 9.86. The fraction of sp³-hybridized carbons (Fsp3) is 0.385. The van der Waals surface area contributed by atoms with Gasteiger partial charge in [0.2, 0.25) is 5.91 Å². The SMILES string of the molecule is C[C@@H](C(=O)Nc1ccc(S(F)(F)(F)(F)F)cc1)[C@H]1C[C@H]2C[C@@H](c3ccnc4ccc(F)cc34)C[C@H]2C1. The quantitative estimate of drug-likeness (QED) is 0.336. The van der Waals surface area contributed by atoms with Gasteiger partial charge in [0.25, 0.3) is 0 Å². The maximum atomic E-state index is 13.9. The topological polar surface area (TPSA) is 42.0 Å². The van der Waals surface area contributed by atoms with Gasteiger partial charge in [-0.05, 0) is 103 Å². The second kappa shape index (κ2) is 7.87. The molecule has 2 aromatic carbocycles. The number of amides is 1. The Morgan fingerprint density at radius 3 is 2.19 bits per heavy atom. The number of halogens is 6. The van der Waals surface area contributed by atoms with Gasteiger partial charge in [-0.15, -0.1) is 0 Å². The van der Waals surface area contributed by atoms with Crippen LogP contribution < -0.4 is 5.32 Å². The Hall–Kier alpha value is -2.75. The molecule has 1 N–H and O–H groups in total. The second-order valence-corrected chi connectivity index (χ2v) is 12.7. The molecule has 3 aromatic rings. The summed E-state index contributed by atoms with van der Waals surface area (Å²) in [4.78, 5) is 15.1. The molecule has 2 aliphatic rings. The van der Waals surface area contributed by atoms with Crippen molar-refractivity contribution >= 4 is 32.7 Å². The largest absolute Gasteiger partial charge is 0.326 e. The van der Waals surface area contributed by atoms with Crippen LogP contribution in [-0.2, 0) is 4.79 Å². The fourth-order valence-electron chi connectivity index (χ4n) is 6.09. The number of benzene rings is 2. The number of pyridine rings is 1. The van der Waals surface area contributed by atoms with Gasteiger partial charge >= 0.3 is 10.2 Å². The monoisotopic (exact) mass is 528 g/mol. The van der Waals surface area contributed by atoms with Crippen LogP contribution in [0.2, 0.25) is 0 Å². The van der Waals surface area contributed by atoms with E-state index in [-0.39, 0.29) is 29.2 Å². The standard InChI is InChI=1S/C26H26F6N2OS/c1-15(26(35)34-21-3-5-22(6-4-21)36(28,29,30,31)32)16-10-17-12-19(13-18(17)11-16)23-8-9-33-25-7-2-20(27)14-24(23)25/h2-9,14-19H,10-13H2,1H3,(H,34,35)/t15-,16-,17-,18+,19+/m1/s1. The van der Waals surface area contributed by atoms with Gasteiger partial charge in [0.05, 0.1) is 5.52 Å². The first-order valence-corrected chi connectivity index (χ1v) is 13.8. The molecule has 5 atom stereocenters. The van der Waals surface area contributed by atoms with Gasteiger partial charge in [-0.2, -0.15) is 0 Å². The molecule has 2 saturated carbocycles. The Morgan fingerprint density at radius 2 is 1.58 bits per heavy atom. The van der Waals surface area contributed by atoms with Crippen molar-refractivity contribution in [1.82, 2.24) is 4.98 Å². The molecule has 1 heterocycles. The molecule has 36 heavy (non-hydrogen) atoms. The zero-order valence-corrected chi connectivity index (χ0v) is 20.3. The Morgan fingerprint density at radius 1 is 0.944 bits per heavy atom. The van der Waals surface area contributed by atoms with E-state index < -0.39 is 15.1 Å². The molecule has 5 rings (SSSR count). The van der Waals surface area contributed by atoms with Gasteiger partial charge in [0.1, 0.15) is 10.7 Å². The number of fused-ring (bicyclic) bond motifs is 2. The molecular weight excluding hydrogens is 502 g/mol. The summed E-state index contributed by atoms with van der Waals surface area (Å²) in [5.41, 5.74) is 1.92. The number of anilines is 1. The Labute approximate surface area is 205 Å². The minimum Gasteiger partial charge on any atom is -0.326 e. The highest BCUT2D eigenvalue weighted by atomic mass is 32.5. The highest BCUT2D eigenvalue weighted by Crippen LogP contribution is 3.02. The zero-order valence-electron chi connectivity index (χ0n) is 19.4. The molecule has 1 aromatic heterocycles. The molecule has 0 aliphatic heterocycles. The molecule has 3 nitrogen and oxygen atoms in total. The normalized spacial score (nSPS) is 26.8. The van der Waals surface area contributed by atoms with Crippen molar-refractivity contribution in [2.45, 2.75) is 43.4 Å². The summed E-state index contributed by atoms with van der Waals surface area (Å²) >= 11 is 0. The van der Waals surface area contributed by atoms with E-state index in [0.29, 0.717) is 29.9 Å². The number of carbonyl (C=O) groups is 1. The Balaban J connectivity index is 1.22.